The Balaban J connectivity index is 1.64. The van der Waals surface area contributed by atoms with Gasteiger partial charge in [-0.05, 0) is 51.1 Å². The molecule has 5 aromatic rings. The van der Waals surface area contributed by atoms with E-state index in [2.05, 4.69) is 37.0 Å². The summed E-state index contributed by atoms with van der Waals surface area (Å²) in [5, 5.41) is 25.9. The fourth-order valence-electron chi connectivity index (χ4n) is 4.25. The maximum Gasteiger partial charge on any atom is 0.165 e. The molecule has 0 saturated heterocycles. The third-order valence-corrected chi connectivity index (χ3v) is 6.86. The van der Waals surface area contributed by atoms with Crippen molar-refractivity contribution >= 4 is 51.2 Å². The molecule has 1 atom stereocenters. The molecule has 5 rings (SSSR count). The first-order chi connectivity index (χ1) is 18.8. The molecule has 8 nitrogen and oxygen atoms in total. The van der Waals surface area contributed by atoms with Crippen molar-refractivity contribution in [3.63, 3.8) is 0 Å². The first kappa shape index (κ1) is 26.4. The molecule has 0 spiro atoms. The zero-order valence-corrected chi connectivity index (χ0v) is 22.8. The molecule has 2 aromatic carbocycles. The highest BCUT2D eigenvalue weighted by Crippen LogP contribution is 2.37. The summed E-state index contributed by atoms with van der Waals surface area (Å²) in [5.41, 5.74) is 4.21. The number of hydrogen-bond donors (Lipinski definition) is 2. The number of hydrogen-bond acceptors (Lipinski definition) is 7. The summed E-state index contributed by atoms with van der Waals surface area (Å²) in [7, 11) is 0. The van der Waals surface area contributed by atoms with Crippen molar-refractivity contribution in [1.29, 1.82) is 5.26 Å². The van der Waals surface area contributed by atoms with Crippen LogP contribution in [0.2, 0.25) is 10.0 Å². The van der Waals surface area contributed by atoms with Crippen LogP contribution >= 0.6 is 23.2 Å². The molecule has 2 N–H and O–H groups in total. The molecule has 39 heavy (non-hydrogen) atoms. The fourth-order valence-corrected chi connectivity index (χ4v) is 4.69. The van der Waals surface area contributed by atoms with Crippen molar-refractivity contribution in [2.45, 2.75) is 32.9 Å². The average Bonchev–Trinajstić information content (AvgIpc) is 3.41. The predicted molar refractivity (Wildman–Crippen MR) is 151 cm³/mol. The van der Waals surface area contributed by atoms with Gasteiger partial charge in [-0.2, -0.15) is 5.26 Å². The lowest BCUT2D eigenvalue weighted by atomic mass is 10.0. The number of aryl methyl sites for hydroxylation is 1. The molecule has 3 aromatic heterocycles. The quantitative estimate of drug-likeness (QED) is 0.214. The van der Waals surface area contributed by atoms with E-state index in [9.17, 15) is 9.65 Å². The molecule has 11 heteroatoms. The molecule has 0 fully saturated rings. The van der Waals surface area contributed by atoms with E-state index in [0.29, 0.717) is 33.0 Å². The van der Waals surface area contributed by atoms with Crippen molar-refractivity contribution in [2.24, 2.45) is 0 Å². The van der Waals surface area contributed by atoms with Gasteiger partial charge in [0.05, 0.1) is 44.7 Å². The predicted octanol–water partition coefficient (Wildman–Crippen LogP) is 7.37. The van der Waals surface area contributed by atoms with Crippen LogP contribution in [0.15, 0.2) is 61.1 Å². The smallest absolute Gasteiger partial charge is 0.165 e. The summed E-state index contributed by atoms with van der Waals surface area (Å²) < 4.78 is 16.6. The van der Waals surface area contributed by atoms with Gasteiger partial charge in [0.25, 0.3) is 0 Å². The van der Waals surface area contributed by atoms with Crippen LogP contribution in [-0.4, -0.2) is 25.0 Å². The lowest BCUT2D eigenvalue weighted by Gasteiger charge is -2.21. The summed E-state index contributed by atoms with van der Waals surface area (Å²) in [6.07, 6.45) is 5.02. The number of pyridine rings is 2. The van der Waals surface area contributed by atoms with Crippen LogP contribution in [0, 0.1) is 24.1 Å². The SMILES string of the molecule is Cc1ncccc1C(Nc1cc(Cl)c2ncc(C#N)c(Nc3cccc(Cl)c3F)c2c1)c1cn(C(C)C)nn1. The van der Waals surface area contributed by atoms with E-state index >= 15 is 0 Å². The van der Waals surface area contributed by atoms with Gasteiger partial charge >= 0.3 is 0 Å². The van der Waals surface area contributed by atoms with Gasteiger partial charge in [0.1, 0.15) is 11.8 Å². The van der Waals surface area contributed by atoms with Gasteiger partial charge in [0.15, 0.2) is 5.82 Å². The molecular formula is C28H23Cl2FN8. The van der Waals surface area contributed by atoms with E-state index in [1.54, 1.807) is 23.0 Å². The van der Waals surface area contributed by atoms with Gasteiger partial charge in [-0.1, -0.05) is 40.5 Å². The molecule has 0 amide bonds. The number of rotatable bonds is 7. The highest BCUT2D eigenvalue weighted by molar-refractivity contribution is 6.36. The highest BCUT2D eigenvalue weighted by atomic mass is 35.5. The van der Waals surface area contributed by atoms with Gasteiger partial charge in [-0.25, -0.2) is 9.07 Å². The molecule has 0 aliphatic heterocycles. The second kappa shape index (κ2) is 10.8. The third-order valence-electron chi connectivity index (χ3n) is 6.28. The van der Waals surface area contributed by atoms with Crippen LogP contribution < -0.4 is 10.6 Å². The van der Waals surface area contributed by atoms with Crippen molar-refractivity contribution in [2.75, 3.05) is 10.6 Å². The Morgan fingerprint density at radius 3 is 2.62 bits per heavy atom. The van der Waals surface area contributed by atoms with Crippen LogP contribution in [0.3, 0.4) is 0 Å². The van der Waals surface area contributed by atoms with Gasteiger partial charge in [0.2, 0.25) is 0 Å². The Hall–Kier alpha value is -4.26. The Labute approximate surface area is 234 Å². The van der Waals surface area contributed by atoms with E-state index in [1.807, 2.05) is 45.2 Å². The number of halogens is 3. The van der Waals surface area contributed by atoms with Crippen LogP contribution in [0.1, 0.15) is 48.4 Å². The zero-order valence-electron chi connectivity index (χ0n) is 21.2. The first-order valence-corrected chi connectivity index (χ1v) is 12.9. The second-order valence-corrected chi connectivity index (χ2v) is 10.0. The van der Waals surface area contributed by atoms with E-state index in [4.69, 9.17) is 23.2 Å². The number of anilines is 3. The normalized spacial score (nSPS) is 11.9. The summed E-state index contributed by atoms with van der Waals surface area (Å²) in [6, 6.07) is 13.9. The van der Waals surface area contributed by atoms with Crippen LogP contribution in [0.5, 0.6) is 0 Å². The summed E-state index contributed by atoms with van der Waals surface area (Å²) >= 11 is 12.7. The highest BCUT2D eigenvalue weighted by Gasteiger charge is 2.22. The van der Waals surface area contributed by atoms with E-state index < -0.39 is 11.9 Å². The number of fused-ring (bicyclic) bond motifs is 1. The molecule has 0 radical (unpaired) electrons. The third kappa shape index (κ3) is 5.21. The zero-order chi connectivity index (χ0) is 27.7. The van der Waals surface area contributed by atoms with E-state index in [-0.39, 0.29) is 22.3 Å². The Bertz CT molecular complexity index is 1730. The molecule has 0 aliphatic carbocycles. The molecule has 3 heterocycles. The Morgan fingerprint density at radius 1 is 1.08 bits per heavy atom. The molecule has 196 valence electrons. The monoisotopic (exact) mass is 560 g/mol. The minimum Gasteiger partial charge on any atom is -0.373 e. The average molecular weight is 561 g/mol. The van der Waals surface area contributed by atoms with Gasteiger partial charge in [0, 0.05) is 40.8 Å². The minimum atomic E-state index is -0.631. The number of benzene rings is 2. The van der Waals surface area contributed by atoms with Crippen molar-refractivity contribution in [3.8, 4) is 6.07 Å². The number of nitrogens with zero attached hydrogens (tertiary/aromatic N) is 6. The number of nitrogens with one attached hydrogen (secondary N) is 2. The number of nitriles is 1. The largest absolute Gasteiger partial charge is 0.373 e. The molecule has 1 unspecified atom stereocenters. The molecule has 0 bridgehead atoms. The first-order valence-electron chi connectivity index (χ1n) is 12.1. The lowest BCUT2D eigenvalue weighted by Crippen LogP contribution is -2.15. The standard InChI is InChI=1S/C28H23Cl2FN8/c1-15(2)39-14-24(37-38-39)28(19-6-5-9-33-16(19)3)35-18-10-20-26(36-23-8-4-7-21(29)25(23)31)17(12-32)13-34-27(20)22(30)11-18/h4-11,13-15,28,35H,1-3H3,(H,34,36). The topological polar surface area (TPSA) is 104 Å². The maximum absolute atomic E-state index is 14.8. The Kier molecular flexibility index (Phi) is 7.33. The van der Waals surface area contributed by atoms with Gasteiger partial charge in [-0.3, -0.25) is 9.97 Å². The van der Waals surface area contributed by atoms with Crippen LogP contribution in [0.4, 0.5) is 21.5 Å². The van der Waals surface area contributed by atoms with Gasteiger partial charge < -0.3 is 10.6 Å². The molecule has 0 saturated carbocycles. The second-order valence-electron chi connectivity index (χ2n) is 9.21. The minimum absolute atomic E-state index is 0.0404. The Morgan fingerprint density at radius 2 is 1.90 bits per heavy atom. The van der Waals surface area contributed by atoms with Crippen molar-refractivity contribution < 1.29 is 4.39 Å². The fraction of sp³-hybridized carbons (Fsp3) is 0.179. The van der Waals surface area contributed by atoms with Crippen molar-refractivity contribution in [3.05, 3.63) is 99.4 Å². The molecular weight excluding hydrogens is 538 g/mol. The molecule has 0 aliphatic rings. The van der Waals surface area contributed by atoms with Gasteiger partial charge in [-0.15, -0.1) is 5.10 Å². The van der Waals surface area contributed by atoms with Crippen LogP contribution in [0.25, 0.3) is 10.9 Å². The van der Waals surface area contributed by atoms with E-state index in [0.717, 1.165) is 11.3 Å². The van der Waals surface area contributed by atoms with Crippen molar-refractivity contribution in [1.82, 2.24) is 25.0 Å². The summed E-state index contributed by atoms with van der Waals surface area (Å²) in [5.74, 6) is -0.631. The summed E-state index contributed by atoms with van der Waals surface area (Å²) in [6.45, 7) is 5.97. The number of aromatic nitrogens is 5. The van der Waals surface area contributed by atoms with Crippen LogP contribution in [-0.2, 0) is 0 Å². The lowest BCUT2D eigenvalue weighted by molar-refractivity contribution is 0.514. The van der Waals surface area contributed by atoms with E-state index in [1.165, 1.54) is 18.3 Å². The summed E-state index contributed by atoms with van der Waals surface area (Å²) in [4.78, 5) is 8.84. The maximum atomic E-state index is 14.8.